The van der Waals surface area contributed by atoms with Gasteiger partial charge in [-0.1, -0.05) is 6.07 Å². The quantitative estimate of drug-likeness (QED) is 0.736. The van der Waals surface area contributed by atoms with Crippen LogP contribution in [-0.4, -0.2) is 28.8 Å². The number of benzene rings is 1. The van der Waals surface area contributed by atoms with E-state index in [1.165, 1.54) is 11.8 Å². The van der Waals surface area contributed by atoms with E-state index in [9.17, 15) is 9.59 Å². The zero-order chi connectivity index (χ0) is 12.4. The Labute approximate surface area is 102 Å². The van der Waals surface area contributed by atoms with Gasteiger partial charge in [0.1, 0.15) is 6.04 Å². The van der Waals surface area contributed by atoms with E-state index in [1.54, 1.807) is 6.07 Å². The Hall–Kier alpha value is -1.53. The average molecular weight is 252 g/mol. The van der Waals surface area contributed by atoms with E-state index in [0.717, 1.165) is 16.1 Å². The van der Waals surface area contributed by atoms with Crippen LogP contribution in [0, 0.1) is 0 Å². The molecule has 4 N–H and O–H groups in total. The van der Waals surface area contributed by atoms with Gasteiger partial charge in [0, 0.05) is 4.90 Å². The Morgan fingerprint density at radius 1 is 1.59 bits per heavy atom. The molecule has 1 heterocycles. The topological polar surface area (TPSA) is 92.4 Å². The summed E-state index contributed by atoms with van der Waals surface area (Å²) in [4.78, 5) is 22.9. The molecule has 0 saturated carbocycles. The van der Waals surface area contributed by atoms with Crippen LogP contribution in [0.4, 0.5) is 5.69 Å². The fourth-order valence-corrected chi connectivity index (χ4v) is 2.39. The molecular formula is C11H12N2O3S. The fourth-order valence-electron chi connectivity index (χ4n) is 1.60. The smallest absolute Gasteiger partial charge is 0.320 e. The van der Waals surface area contributed by atoms with Crippen LogP contribution >= 0.6 is 11.8 Å². The van der Waals surface area contributed by atoms with Gasteiger partial charge in [0.15, 0.2) is 0 Å². The van der Waals surface area contributed by atoms with Crippen molar-refractivity contribution in [1.82, 2.24) is 0 Å². The lowest BCUT2D eigenvalue weighted by Crippen LogP contribution is -2.32. The van der Waals surface area contributed by atoms with Crippen LogP contribution in [0.1, 0.15) is 5.56 Å². The Morgan fingerprint density at radius 2 is 2.35 bits per heavy atom. The maximum absolute atomic E-state index is 11.2. The number of carbonyl (C=O) groups is 2. The number of aliphatic carboxylic acids is 1. The zero-order valence-electron chi connectivity index (χ0n) is 8.97. The summed E-state index contributed by atoms with van der Waals surface area (Å²) < 4.78 is 0. The van der Waals surface area contributed by atoms with E-state index in [0.29, 0.717) is 5.75 Å². The van der Waals surface area contributed by atoms with Gasteiger partial charge in [-0.3, -0.25) is 9.59 Å². The Morgan fingerprint density at radius 3 is 3.06 bits per heavy atom. The van der Waals surface area contributed by atoms with Gasteiger partial charge in [-0.05, 0) is 24.1 Å². The molecule has 17 heavy (non-hydrogen) atoms. The first-order chi connectivity index (χ1) is 8.06. The normalized spacial score (nSPS) is 15.9. The molecule has 0 saturated heterocycles. The monoisotopic (exact) mass is 252 g/mol. The number of hydrogen-bond donors (Lipinski definition) is 3. The van der Waals surface area contributed by atoms with Crippen LogP contribution < -0.4 is 11.1 Å². The van der Waals surface area contributed by atoms with Crippen molar-refractivity contribution in [1.29, 1.82) is 0 Å². The second-order valence-electron chi connectivity index (χ2n) is 3.82. The lowest BCUT2D eigenvalue weighted by Gasteiger charge is -2.17. The van der Waals surface area contributed by atoms with Gasteiger partial charge in [0.2, 0.25) is 5.91 Å². The van der Waals surface area contributed by atoms with E-state index in [4.69, 9.17) is 10.8 Å². The van der Waals surface area contributed by atoms with Crippen LogP contribution in [-0.2, 0) is 16.0 Å². The SMILES string of the molecule is NC(Cc1ccc2c(c1)NC(=O)CS2)C(=O)O. The van der Waals surface area contributed by atoms with Gasteiger partial charge in [-0.2, -0.15) is 0 Å². The third kappa shape index (κ3) is 2.78. The highest BCUT2D eigenvalue weighted by atomic mass is 32.2. The molecule has 0 spiro atoms. The summed E-state index contributed by atoms with van der Waals surface area (Å²) in [5.74, 6) is -0.649. The number of nitrogens with one attached hydrogen (secondary N) is 1. The summed E-state index contributed by atoms with van der Waals surface area (Å²) in [5, 5.41) is 11.5. The van der Waals surface area contributed by atoms with Crippen molar-refractivity contribution in [3.63, 3.8) is 0 Å². The predicted octanol–water partition coefficient (Wildman–Crippen LogP) is 0.685. The van der Waals surface area contributed by atoms with Gasteiger partial charge in [0.25, 0.3) is 0 Å². The van der Waals surface area contributed by atoms with Crippen molar-refractivity contribution < 1.29 is 14.7 Å². The molecule has 1 aromatic rings. The number of carboxylic acids is 1. The predicted molar refractivity (Wildman–Crippen MR) is 65.1 cm³/mol. The number of carbonyl (C=O) groups excluding carboxylic acids is 1. The number of hydrogen-bond acceptors (Lipinski definition) is 4. The number of nitrogens with two attached hydrogens (primary N) is 1. The molecule has 1 aliphatic heterocycles. The Balaban J connectivity index is 2.18. The van der Waals surface area contributed by atoms with E-state index in [2.05, 4.69) is 5.32 Å². The molecule has 1 unspecified atom stereocenters. The highest BCUT2D eigenvalue weighted by molar-refractivity contribution is 8.00. The number of anilines is 1. The molecular weight excluding hydrogens is 240 g/mol. The molecule has 1 aromatic carbocycles. The Bertz CT molecular complexity index is 476. The van der Waals surface area contributed by atoms with E-state index in [1.807, 2.05) is 12.1 Å². The Kier molecular flexibility index (Phi) is 3.35. The third-order valence-corrected chi connectivity index (χ3v) is 3.52. The molecule has 5 nitrogen and oxygen atoms in total. The highest BCUT2D eigenvalue weighted by Crippen LogP contribution is 2.32. The van der Waals surface area contributed by atoms with Crippen molar-refractivity contribution in [2.45, 2.75) is 17.4 Å². The first-order valence-electron chi connectivity index (χ1n) is 5.10. The third-order valence-electron chi connectivity index (χ3n) is 2.45. The van der Waals surface area contributed by atoms with Crippen LogP contribution in [0.5, 0.6) is 0 Å². The fraction of sp³-hybridized carbons (Fsp3) is 0.273. The number of thioether (sulfide) groups is 1. The van der Waals surface area contributed by atoms with Crippen molar-refractivity contribution >= 4 is 29.3 Å². The summed E-state index contributed by atoms with van der Waals surface area (Å²) in [7, 11) is 0. The number of carboxylic acid groups (broad SMARTS) is 1. The second kappa shape index (κ2) is 4.77. The first kappa shape index (κ1) is 11.9. The molecule has 0 aromatic heterocycles. The lowest BCUT2D eigenvalue weighted by atomic mass is 10.1. The molecule has 0 radical (unpaired) electrons. The molecule has 0 fully saturated rings. The first-order valence-corrected chi connectivity index (χ1v) is 6.09. The van der Waals surface area contributed by atoms with Gasteiger partial charge in [-0.15, -0.1) is 11.8 Å². The maximum atomic E-state index is 11.2. The standard InChI is InChI=1S/C11H12N2O3S/c12-7(11(15)16)3-6-1-2-9-8(4-6)13-10(14)5-17-9/h1-2,4,7H,3,5,12H2,(H,13,14)(H,15,16). The molecule has 1 aliphatic rings. The van der Waals surface area contributed by atoms with Crippen molar-refractivity contribution in [2.24, 2.45) is 5.73 Å². The van der Waals surface area contributed by atoms with Crippen molar-refractivity contribution in [3.8, 4) is 0 Å². The molecule has 1 amide bonds. The lowest BCUT2D eigenvalue weighted by molar-refractivity contribution is -0.138. The molecule has 1 atom stereocenters. The van der Waals surface area contributed by atoms with Crippen molar-refractivity contribution in [3.05, 3.63) is 23.8 Å². The number of rotatable bonds is 3. The van der Waals surface area contributed by atoms with Crippen LogP contribution in [0.2, 0.25) is 0 Å². The van der Waals surface area contributed by atoms with E-state index < -0.39 is 12.0 Å². The summed E-state index contributed by atoms with van der Waals surface area (Å²) in [6, 6.07) is 4.58. The summed E-state index contributed by atoms with van der Waals surface area (Å²) in [6.07, 6.45) is 0.253. The highest BCUT2D eigenvalue weighted by Gasteiger charge is 2.17. The van der Waals surface area contributed by atoms with Gasteiger partial charge in [0.05, 0.1) is 11.4 Å². The molecule has 0 bridgehead atoms. The molecule has 2 rings (SSSR count). The second-order valence-corrected chi connectivity index (χ2v) is 4.83. The minimum absolute atomic E-state index is 0.0396. The van der Waals surface area contributed by atoms with Gasteiger partial charge < -0.3 is 16.2 Å². The average Bonchev–Trinajstić information content (AvgIpc) is 2.28. The van der Waals surface area contributed by atoms with Crippen LogP contribution in [0.25, 0.3) is 0 Å². The largest absolute Gasteiger partial charge is 0.480 e. The van der Waals surface area contributed by atoms with E-state index >= 15 is 0 Å². The molecule has 0 aliphatic carbocycles. The zero-order valence-corrected chi connectivity index (χ0v) is 9.79. The number of amides is 1. The maximum Gasteiger partial charge on any atom is 0.320 e. The minimum atomic E-state index is -1.03. The van der Waals surface area contributed by atoms with Crippen molar-refractivity contribution in [2.75, 3.05) is 11.1 Å². The van der Waals surface area contributed by atoms with Crippen LogP contribution in [0.15, 0.2) is 23.1 Å². The number of fused-ring (bicyclic) bond motifs is 1. The minimum Gasteiger partial charge on any atom is -0.480 e. The van der Waals surface area contributed by atoms with Gasteiger partial charge >= 0.3 is 5.97 Å². The summed E-state index contributed by atoms with van der Waals surface area (Å²) in [6.45, 7) is 0. The van der Waals surface area contributed by atoms with Gasteiger partial charge in [-0.25, -0.2) is 0 Å². The summed E-state index contributed by atoms with van der Waals surface area (Å²) in [5.41, 5.74) is 7.00. The molecule has 6 heteroatoms. The molecule has 90 valence electrons. The van der Waals surface area contributed by atoms with E-state index in [-0.39, 0.29) is 12.3 Å². The summed E-state index contributed by atoms with van der Waals surface area (Å²) >= 11 is 1.47. The van der Waals surface area contributed by atoms with Crippen LogP contribution in [0.3, 0.4) is 0 Å².